The molecule has 19 heavy (non-hydrogen) atoms. The van der Waals surface area contributed by atoms with Gasteiger partial charge in [-0.3, -0.25) is 0 Å². The van der Waals surface area contributed by atoms with E-state index in [1.807, 2.05) is 0 Å². The standard InChI is InChI=1S/C19H18/c1-15-7-9-17(10-8-15)19-13-11-18(12-14-19)16-5-3-2-4-6-16/h2-9,11-14,17H,10H2,1H3. The van der Waals surface area contributed by atoms with Gasteiger partial charge in [-0.1, -0.05) is 78.4 Å². The van der Waals surface area contributed by atoms with Crippen molar-refractivity contribution in [3.8, 4) is 11.1 Å². The molecule has 0 spiro atoms. The van der Waals surface area contributed by atoms with Gasteiger partial charge in [0.2, 0.25) is 0 Å². The van der Waals surface area contributed by atoms with Gasteiger partial charge in [-0.2, -0.15) is 0 Å². The van der Waals surface area contributed by atoms with Crippen LogP contribution < -0.4 is 0 Å². The van der Waals surface area contributed by atoms with Gasteiger partial charge in [0, 0.05) is 5.92 Å². The summed E-state index contributed by atoms with van der Waals surface area (Å²) in [6.07, 6.45) is 7.97. The van der Waals surface area contributed by atoms with Crippen LogP contribution in [0.2, 0.25) is 0 Å². The van der Waals surface area contributed by atoms with Crippen LogP contribution in [0.4, 0.5) is 0 Å². The monoisotopic (exact) mass is 246 g/mol. The second-order valence-corrected chi connectivity index (χ2v) is 5.14. The highest BCUT2D eigenvalue weighted by Gasteiger charge is 2.09. The number of hydrogen-bond acceptors (Lipinski definition) is 0. The van der Waals surface area contributed by atoms with Crippen LogP contribution in [-0.4, -0.2) is 0 Å². The third-order valence-electron chi connectivity index (χ3n) is 3.73. The third-order valence-corrected chi connectivity index (χ3v) is 3.73. The lowest BCUT2D eigenvalue weighted by Gasteiger charge is -2.15. The first-order chi connectivity index (χ1) is 9.33. The molecular weight excluding hydrogens is 228 g/mol. The highest BCUT2D eigenvalue weighted by molar-refractivity contribution is 5.63. The van der Waals surface area contributed by atoms with E-state index in [1.54, 1.807) is 0 Å². The maximum Gasteiger partial charge on any atom is 0.00559 e. The first kappa shape index (κ1) is 12.0. The summed E-state index contributed by atoms with van der Waals surface area (Å²) in [6.45, 7) is 2.16. The van der Waals surface area contributed by atoms with E-state index in [-0.39, 0.29) is 0 Å². The zero-order chi connectivity index (χ0) is 13.1. The molecule has 94 valence electrons. The molecule has 0 nitrogen and oxygen atoms in total. The topological polar surface area (TPSA) is 0 Å². The van der Waals surface area contributed by atoms with Crippen LogP contribution in [0.5, 0.6) is 0 Å². The molecule has 3 rings (SSSR count). The summed E-state index contributed by atoms with van der Waals surface area (Å²) in [5.41, 5.74) is 5.34. The summed E-state index contributed by atoms with van der Waals surface area (Å²) in [7, 11) is 0. The number of benzene rings is 2. The normalized spacial score (nSPS) is 18.2. The molecule has 1 unspecified atom stereocenters. The Morgan fingerprint density at radius 2 is 1.53 bits per heavy atom. The zero-order valence-electron chi connectivity index (χ0n) is 11.2. The first-order valence-corrected chi connectivity index (χ1v) is 6.83. The van der Waals surface area contributed by atoms with Gasteiger partial charge in [-0.05, 0) is 30.0 Å². The first-order valence-electron chi connectivity index (χ1n) is 6.83. The average Bonchev–Trinajstić information content (AvgIpc) is 2.49. The van der Waals surface area contributed by atoms with Crippen molar-refractivity contribution in [2.24, 2.45) is 0 Å². The van der Waals surface area contributed by atoms with E-state index in [4.69, 9.17) is 0 Å². The fourth-order valence-corrected chi connectivity index (χ4v) is 2.53. The molecule has 0 heterocycles. The van der Waals surface area contributed by atoms with Gasteiger partial charge in [0.1, 0.15) is 0 Å². The summed E-state index contributed by atoms with van der Waals surface area (Å²) >= 11 is 0. The van der Waals surface area contributed by atoms with E-state index in [9.17, 15) is 0 Å². The molecule has 0 N–H and O–H groups in total. The summed E-state index contributed by atoms with van der Waals surface area (Å²) < 4.78 is 0. The molecule has 1 aliphatic carbocycles. The smallest absolute Gasteiger partial charge is 0.00559 e. The lowest BCUT2D eigenvalue weighted by molar-refractivity contribution is 0.845. The Kier molecular flexibility index (Phi) is 3.33. The Bertz CT molecular complexity index is 600. The van der Waals surface area contributed by atoms with Crippen molar-refractivity contribution >= 4 is 0 Å². The molecule has 1 aliphatic rings. The molecule has 0 heteroatoms. The SMILES string of the molecule is CC1=CCC(c2ccc(-c3ccccc3)cc2)C=C1. The van der Waals surface area contributed by atoms with Gasteiger partial charge in [0.05, 0.1) is 0 Å². The van der Waals surface area contributed by atoms with Crippen LogP contribution in [0.1, 0.15) is 24.8 Å². The Morgan fingerprint density at radius 1 is 0.842 bits per heavy atom. The number of allylic oxidation sites excluding steroid dienone is 4. The highest BCUT2D eigenvalue weighted by Crippen LogP contribution is 2.28. The van der Waals surface area contributed by atoms with Gasteiger partial charge in [0.15, 0.2) is 0 Å². The average molecular weight is 246 g/mol. The van der Waals surface area contributed by atoms with E-state index in [1.165, 1.54) is 22.3 Å². The Morgan fingerprint density at radius 3 is 2.16 bits per heavy atom. The molecule has 0 saturated carbocycles. The Labute approximate surface area is 115 Å². The summed E-state index contributed by atoms with van der Waals surface area (Å²) in [5.74, 6) is 0.536. The van der Waals surface area contributed by atoms with E-state index < -0.39 is 0 Å². The summed E-state index contributed by atoms with van der Waals surface area (Å²) in [5, 5.41) is 0. The van der Waals surface area contributed by atoms with Crippen molar-refractivity contribution in [1.82, 2.24) is 0 Å². The van der Waals surface area contributed by atoms with Crippen LogP contribution in [0.15, 0.2) is 78.4 Å². The van der Waals surface area contributed by atoms with Crippen LogP contribution in [0, 0.1) is 0 Å². The lowest BCUT2D eigenvalue weighted by Crippen LogP contribution is -1.97. The molecule has 0 fully saturated rings. The molecular formula is C19H18. The van der Waals surface area contributed by atoms with E-state index in [0.717, 1.165) is 6.42 Å². The zero-order valence-corrected chi connectivity index (χ0v) is 11.2. The predicted octanol–water partition coefficient (Wildman–Crippen LogP) is 5.34. The van der Waals surface area contributed by atoms with Crippen molar-refractivity contribution in [2.45, 2.75) is 19.3 Å². The quantitative estimate of drug-likeness (QED) is 0.670. The van der Waals surface area contributed by atoms with Gasteiger partial charge >= 0.3 is 0 Å². The minimum Gasteiger partial charge on any atom is -0.0807 e. The van der Waals surface area contributed by atoms with Crippen LogP contribution >= 0.6 is 0 Å². The summed E-state index contributed by atoms with van der Waals surface area (Å²) in [6, 6.07) is 19.5. The molecule has 0 saturated heterocycles. The van der Waals surface area contributed by atoms with Crippen molar-refractivity contribution in [3.63, 3.8) is 0 Å². The molecule has 2 aromatic rings. The Hall–Kier alpha value is -2.08. The largest absolute Gasteiger partial charge is 0.0807 e. The van der Waals surface area contributed by atoms with E-state index in [2.05, 4.69) is 79.7 Å². The third kappa shape index (κ3) is 2.68. The molecule has 0 bridgehead atoms. The maximum atomic E-state index is 2.32. The van der Waals surface area contributed by atoms with Crippen molar-refractivity contribution in [2.75, 3.05) is 0 Å². The minimum absolute atomic E-state index is 0.536. The second kappa shape index (κ2) is 5.27. The number of hydrogen-bond donors (Lipinski definition) is 0. The highest BCUT2D eigenvalue weighted by atomic mass is 14.1. The molecule has 1 atom stereocenters. The van der Waals surface area contributed by atoms with Crippen LogP contribution in [0.25, 0.3) is 11.1 Å². The van der Waals surface area contributed by atoms with Crippen molar-refractivity contribution < 1.29 is 0 Å². The molecule has 0 amide bonds. The Balaban J connectivity index is 1.82. The van der Waals surface area contributed by atoms with Gasteiger partial charge in [-0.25, -0.2) is 0 Å². The van der Waals surface area contributed by atoms with Gasteiger partial charge in [0.25, 0.3) is 0 Å². The molecule has 0 aromatic heterocycles. The van der Waals surface area contributed by atoms with E-state index >= 15 is 0 Å². The van der Waals surface area contributed by atoms with E-state index in [0.29, 0.717) is 5.92 Å². The fraction of sp³-hybridized carbons (Fsp3) is 0.158. The van der Waals surface area contributed by atoms with Crippen molar-refractivity contribution in [3.05, 3.63) is 84.0 Å². The lowest BCUT2D eigenvalue weighted by atomic mass is 9.89. The van der Waals surface area contributed by atoms with Gasteiger partial charge in [-0.15, -0.1) is 0 Å². The van der Waals surface area contributed by atoms with Crippen molar-refractivity contribution in [1.29, 1.82) is 0 Å². The molecule has 2 aromatic carbocycles. The second-order valence-electron chi connectivity index (χ2n) is 5.14. The van der Waals surface area contributed by atoms with Gasteiger partial charge < -0.3 is 0 Å². The minimum atomic E-state index is 0.536. The van der Waals surface area contributed by atoms with Crippen LogP contribution in [-0.2, 0) is 0 Å². The number of rotatable bonds is 2. The predicted molar refractivity (Wildman–Crippen MR) is 82.1 cm³/mol. The molecule has 0 radical (unpaired) electrons. The summed E-state index contributed by atoms with van der Waals surface area (Å²) in [4.78, 5) is 0. The fourth-order valence-electron chi connectivity index (χ4n) is 2.53. The van der Waals surface area contributed by atoms with Crippen LogP contribution in [0.3, 0.4) is 0 Å². The maximum absolute atomic E-state index is 2.32. The molecule has 0 aliphatic heterocycles.